The Morgan fingerprint density at radius 2 is 1.70 bits per heavy atom. The zero-order valence-corrected chi connectivity index (χ0v) is 16.5. The van der Waals surface area contributed by atoms with E-state index in [0.717, 1.165) is 10.00 Å². The van der Waals surface area contributed by atoms with Gasteiger partial charge in [-0.1, -0.05) is 36.4 Å². The van der Waals surface area contributed by atoms with Gasteiger partial charge in [0.2, 0.25) is 0 Å². The minimum Gasteiger partial charge on any atom is -0.379 e. The smallest absolute Gasteiger partial charge is 0.285 e. The van der Waals surface area contributed by atoms with Gasteiger partial charge in [-0.15, -0.1) is 0 Å². The summed E-state index contributed by atoms with van der Waals surface area (Å²) in [6.07, 6.45) is 2.28. The number of amides is 1. The summed E-state index contributed by atoms with van der Waals surface area (Å²) < 4.78 is 27.3. The van der Waals surface area contributed by atoms with Crippen LogP contribution in [0.4, 0.5) is 0 Å². The van der Waals surface area contributed by atoms with Gasteiger partial charge in [-0.2, -0.15) is 0 Å². The van der Waals surface area contributed by atoms with Gasteiger partial charge in [-0.25, -0.2) is 12.7 Å². The molecule has 0 saturated heterocycles. The number of sulfonamides is 1. The molecule has 0 bridgehead atoms. The molecule has 7 heteroatoms. The van der Waals surface area contributed by atoms with Crippen LogP contribution in [-0.2, 0) is 21.2 Å². The molecule has 1 N–H and O–H groups in total. The van der Waals surface area contributed by atoms with Crippen molar-refractivity contribution >= 4 is 20.8 Å². The lowest BCUT2D eigenvalue weighted by atomic mass is 10.1. The molecule has 1 aliphatic rings. The van der Waals surface area contributed by atoms with E-state index in [1.807, 2.05) is 24.3 Å². The Labute approximate surface area is 160 Å². The Kier molecular flexibility index (Phi) is 5.06. The van der Waals surface area contributed by atoms with E-state index >= 15 is 0 Å². The lowest BCUT2D eigenvalue weighted by molar-refractivity contribution is -0.125. The molecule has 1 aromatic carbocycles. The summed E-state index contributed by atoms with van der Waals surface area (Å²) in [5.74, 6) is -0.526. The zero-order valence-electron chi connectivity index (χ0n) is 15.6. The molecule has 0 atom stereocenters. The summed E-state index contributed by atoms with van der Waals surface area (Å²) >= 11 is 0. The molecular formula is C20H23N3O3S. The standard InChI is InChI=1S/C20H23N3O3S/c1-20(2,3)23-19(24)17(22-14-12-16-11-7-8-13-21-16)18(27(23,25)26)15-9-5-4-6-10-15/h4-11,13,22H,12,14H2,1-3H3. The Balaban J connectivity index is 1.98. The predicted octanol–water partition coefficient (Wildman–Crippen LogP) is 2.55. The quantitative estimate of drug-likeness (QED) is 0.856. The van der Waals surface area contributed by atoms with Crippen LogP contribution in [0.15, 0.2) is 60.4 Å². The van der Waals surface area contributed by atoms with Crippen LogP contribution in [0.25, 0.3) is 4.91 Å². The van der Waals surface area contributed by atoms with Crippen molar-refractivity contribution in [3.05, 3.63) is 71.7 Å². The molecule has 1 aromatic heterocycles. The van der Waals surface area contributed by atoms with Gasteiger partial charge < -0.3 is 5.32 Å². The number of aromatic nitrogens is 1. The van der Waals surface area contributed by atoms with E-state index in [-0.39, 0.29) is 10.6 Å². The van der Waals surface area contributed by atoms with Crippen molar-refractivity contribution in [2.24, 2.45) is 0 Å². The Hall–Kier alpha value is -2.67. The zero-order chi connectivity index (χ0) is 19.7. The third kappa shape index (κ3) is 3.73. The number of nitrogens with zero attached hydrogens (tertiary/aromatic N) is 2. The topological polar surface area (TPSA) is 79.4 Å². The third-order valence-corrected chi connectivity index (χ3v) is 6.33. The number of hydrogen-bond donors (Lipinski definition) is 1. The Morgan fingerprint density at radius 1 is 1.04 bits per heavy atom. The summed E-state index contributed by atoms with van der Waals surface area (Å²) in [5.41, 5.74) is 0.623. The van der Waals surface area contributed by atoms with Gasteiger partial charge in [0.1, 0.15) is 10.6 Å². The molecule has 1 amide bonds. The molecule has 27 heavy (non-hydrogen) atoms. The van der Waals surface area contributed by atoms with Gasteiger partial charge in [0.25, 0.3) is 15.9 Å². The molecule has 0 radical (unpaired) electrons. The van der Waals surface area contributed by atoms with E-state index in [2.05, 4.69) is 10.3 Å². The van der Waals surface area contributed by atoms with Crippen molar-refractivity contribution in [1.29, 1.82) is 0 Å². The maximum Gasteiger partial charge on any atom is 0.285 e. The van der Waals surface area contributed by atoms with Gasteiger partial charge in [-0.05, 0) is 38.5 Å². The molecule has 142 valence electrons. The minimum absolute atomic E-state index is 0.0315. The monoisotopic (exact) mass is 385 g/mol. The van der Waals surface area contributed by atoms with Crippen molar-refractivity contribution in [2.45, 2.75) is 32.7 Å². The maximum atomic E-state index is 13.2. The van der Waals surface area contributed by atoms with Gasteiger partial charge >= 0.3 is 0 Å². The van der Waals surface area contributed by atoms with Crippen molar-refractivity contribution in [1.82, 2.24) is 14.6 Å². The van der Waals surface area contributed by atoms with Crippen LogP contribution >= 0.6 is 0 Å². The average molecular weight is 385 g/mol. The van der Waals surface area contributed by atoms with Crippen LogP contribution in [0, 0.1) is 0 Å². The second-order valence-corrected chi connectivity index (χ2v) is 9.04. The van der Waals surface area contributed by atoms with Gasteiger partial charge in [0.05, 0.1) is 5.54 Å². The number of rotatable bonds is 5. The van der Waals surface area contributed by atoms with E-state index in [0.29, 0.717) is 18.5 Å². The highest BCUT2D eigenvalue weighted by atomic mass is 32.2. The first-order valence-electron chi connectivity index (χ1n) is 8.76. The molecule has 0 spiro atoms. The summed E-state index contributed by atoms with van der Waals surface area (Å²) in [6.45, 7) is 5.54. The van der Waals surface area contributed by atoms with E-state index in [4.69, 9.17) is 0 Å². The largest absolute Gasteiger partial charge is 0.379 e. The molecule has 0 saturated carbocycles. The van der Waals surface area contributed by atoms with E-state index in [1.54, 1.807) is 51.2 Å². The molecule has 0 aliphatic carbocycles. The van der Waals surface area contributed by atoms with Crippen molar-refractivity contribution < 1.29 is 13.2 Å². The fourth-order valence-electron chi connectivity index (χ4n) is 3.09. The van der Waals surface area contributed by atoms with Gasteiger partial charge in [-0.3, -0.25) is 9.78 Å². The second kappa shape index (κ2) is 7.15. The summed E-state index contributed by atoms with van der Waals surface area (Å²) in [6, 6.07) is 14.3. The van der Waals surface area contributed by atoms with Crippen molar-refractivity contribution in [3.63, 3.8) is 0 Å². The summed E-state index contributed by atoms with van der Waals surface area (Å²) in [7, 11) is -3.95. The summed E-state index contributed by atoms with van der Waals surface area (Å²) in [5, 5.41) is 3.06. The SMILES string of the molecule is CC(C)(C)N1C(=O)C(NCCc2ccccn2)=C(c2ccccc2)S1(=O)=O. The fraction of sp³-hybridized carbons (Fsp3) is 0.300. The normalized spacial score (nSPS) is 16.7. The first-order valence-corrected chi connectivity index (χ1v) is 10.2. The molecule has 3 rings (SSSR count). The summed E-state index contributed by atoms with van der Waals surface area (Å²) in [4.78, 5) is 17.3. The minimum atomic E-state index is -3.95. The highest BCUT2D eigenvalue weighted by Gasteiger charge is 2.49. The third-order valence-electron chi connectivity index (χ3n) is 4.18. The van der Waals surface area contributed by atoms with Crippen LogP contribution in [0.3, 0.4) is 0 Å². The number of nitrogens with one attached hydrogen (secondary N) is 1. The number of hydrogen-bond acceptors (Lipinski definition) is 5. The lowest BCUT2D eigenvalue weighted by Gasteiger charge is -2.30. The number of carbonyl (C=O) groups is 1. The molecule has 6 nitrogen and oxygen atoms in total. The van der Waals surface area contributed by atoms with Gasteiger partial charge in [0.15, 0.2) is 0 Å². The molecule has 0 unspecified atom stereocenters. The molecule has 2 heterocycles. The number of pyridine rings is 1. The average Bonchev–Trinajstić information content (AvgIpc) is 2.81. The van der Waals surface area contributed by atoms with Crippen LogP contribution < -0.4 is 5.32 Å². The fourth-order valence-corrected chi connectivity index (χ4v) is 5.16. The van der Waals surface area contributed by atoms with E-state index < -0.39 is 21.5 Å². The Morgan fingerprint density at radius 3 is 2.30 bits per heavy atom. The molecule has 0 fully saturated rings. The van der Waals surface area contributed by atoms with Crippen LogP contribution in [0.5, 0.6) is 0 Å². The van der Waals surface area contributed by atoms with Crippen LogP contribution in [0.2, 0.25) is 0 Å². The van der Waals surface area contributed by atoms with E-state index in [1.165, 1.54) is 0 Å². The van der Waals surface area contributed by atoms with Crippen molar-refractivity contribution in [3.8, 4) is 0 Å². The van der Waals surface area contributed by atoms with Gasteiger partial charge in [0, 0.05) is 24.9 Å². The maximum absolute atomic E-state index is 13.2. The highest BCUT2D eigenvalue weighted by Crippen LogP contribution is 2.38. The number of benzene rings is 1. The predicted molar refractivity (Wildman–Crippen MR) is 105 cm³/mol. The molecule has 1 aliphatic heterocycles. The second-order valence-electron chi connectivity index (χ2n) is 7.31. The molecule has 2 aromatic rings. The first kappa shape index (κ1) is 19.1. The Bertz CT molecular complexity index is 963. The van der Waals surface area contributed by atoms with Crippen molar-refractivity contribution in [2.75, 3.05) is 6.54 Å². The van der Waals surface area contributed by atoms with Crippen LogP contribution in [-0.4, -0.2) is 35.7 Å². The lowest BCUT2D eigenvalue weighted by Crippen LogP contribution is -2.46. The van der Waals surface area contributed by atoms with Crippen LogP contribution in [0.1, 0.15) is 32.0 Å². The first-order chi connectivity index (χ1) is 12.7. The number of carbonyl (C=O) groups excluding carboxylic acids is 1. The molecular weight excluding hydrogens is 362 g/mol. The van der Waals surface area contributed by atoms with E-state index in [9.17, 15) is 13.2 Å². The highest BCUT2D eigenvalue weighted by molar-refractivity contribution is 7.99.